The first-order chi connectivity index (χ1) is 8.57. The lowest BCUT2D eigenvalue weighted by Crippen LogP contribution is -2.39. The minimum Gasteiger partial charge on any atom is -0.508 e. The third-order valence-corrected chi connectivity index (χ3v) is 4.90. The van der Waals surface area contributed by atoms with Gasteiger partial charge in [-0.05, 0) is 25.5 Å². The predicted molar refractivity (Wildman–Crippen MR) is 71.2 cm³/mol. The summed E-state index contributed by atoms with van der Waals surface area (Å²) in [5.74, 6) is 0.122. The average Bonchev–Trinajstić information content (AvgIpc) is 2.32. The molecule has 0 radical (unpaired) electrons. The standard InChI is InChI=1S/C13H19NO3S/c15-13-7-2-1-5-11(13)9-18(16,17)10-12-6-3-4-8-14-12/h1-2,5,7,12,14-15H,3-4,6,8-10H2. The van der Waals surface area contributed by atoms with Crippen molar-refractivity contribution in [2.75, 3.05) is 12.3 Å². The smallest absolute Gasteiger partial charge is 0.156 e. The van der Waals surface area contributed by atoms with Crippen LogP contribution >= 0.6 is 0 Å². The second-order valence-electron chi connectivity index (χ2n) is 4.83. The molecule has 0 saturated carbocycles. The molecule has 1 saturated heterocycles. The van der Waals surface area contributed by atoms with Gasteiger partial charge in [-0.1, -0.05) is 24.6 Å². The van der Waals surface area contributed by atoms with Crippen LogP contribution in [0.25, 0.3) is 0 Å². The van der Waals surface area contributed by atoms with Crippen LogP contribution in [-0.4, -0.2) is 31.9 Å². The number of piperidine rings is 1. The van der Waals surface area contributed by atoms with Crippen molar-refractivity contribution in [2.45, 2.75) is 31.1 Å². The van der Waals surface area contributed by atoms with E-state index in [1.165, 1.54) is 6.07 Å². The molecule has 0 amide bonds. The predicted octanol–water partition coefficient (Wildman–Crippen LogP) is 1.45. The molecule has 0 aliphatic carbocycles. The van der Waals surface area contributed by atoms with Crippen LogP contribution in [0.2, 0.25) is 0 Å². The average molecular weight is 269 g/mol. The number of phenolic OH excluding ortho intramolecular Hbond substituents is 1. The first-order valence-corrected chi connectivity index (χ1v) is 8.10. The number of nitrogens with one attached hydrogen (secondary N) is 1. The first-order valence-electron chi connectivity index (χ1n) is 6.27. The van der Waals surface area contributed by atoms with Gasteiger partial charge in [0.05, 0.1) is 11.5 Å². The van der Waals surface area contributed by atoms with Crippen LogP contribution in [0.5, 0.6) is 5.75 Å². The Morgan fingerprint density at radius 2 is 2.06 bits per heavy atom. The van der Waals surface area contributed by atoms with Gasteiger partial charge in [0.25, 0.3) is 0 Å². The second-order valence-corrected chi connectivity index (χ2v) is 6.94. The van der Waals surface area contributed by atoms with Crippen molar-refractivity contribution in [1.29, 1.82) is 0 Å². The summed E-state index contributed by atoms with van der Waals surface area (Å²) in [6, 6.07) is 6.66. The van der Waals surface area contributed by atoms with E-state index in [1.54, 1.807) is 18.2 Å². The van der Waals surface area contributed by atoms with Crippen molar-refractivity contribution in [2.24, 2.45) is 0 Å². The zero-order chi connectivity index (χ0) is 13.0. The van der Waals surface area contributed by atoms with E-state index in [-0.39, 0.29) is 23.3 Å². The van der Waals surface area contributed by atoms with E-state index in [0.717, 1.165) is 25.8 Å². The highest BCUT2D eigenvalue weighted by Crippen LogP contribution is 2.20. The van der Waals surface area contributed by atoms with Crippen LogP contribution < -0.4 is 5.32 Å². The molecule has 2 rings (SSSR count). The maximum absolute atomic E-state index is 12.1. The van der Waals surface area contributed by atoms with Gasteiger partial charge in [-0.25, -0.2) is 8.42 Å². The fraction of sp³-hybridized carbons (Fsp3) is 0.538. The lowest BCUT2D eigenvalue weighted by molar-refractivity contribution is 0.423. The lowest BCUT2D eigenvalue weighted by atomic mass is 10.1. The zero-order valence-electron chi connectivity index (χ0n) is 10.3. The molecule has 5 heteroatoms. The number of benzene rings is 1. The maximum Gasteiger partial charge on any atom is 0.156 e. The highest BCUT2D eigenvalue weighted by atomic mass is 32.2. The van der Waals surface area contributed by atoms with Gasteiger partial charge in [-0.3, -0.25) is 0 Å². The molecule has 1 aromatic rings. The molecule has 1 atom stereocenters. The Bertz CT molecular complexity index is 493. The first kappa shape index (κ1) is 13.4. The molecule has 0 bridgehead atoms. The molecule has 1 heterocycles. The van der Waals surface area contributed by atoms with Gasteiger partial charge in [0.2, 0.25) is 0 Å². The maximum atomic E-state index is 12.1. The minimum atomic E-state index is -3.18. The number of rotatable bonds is 4. The summed E-state index contributed by atoms with van der Waals surface area (Å²) in [6.45, 7) is 0.900. The number of hydrogen-bond acceptors (Lipinski definition) is 4. The van der Waals surface area contributed by atoms with Gasteiger partial charge < -0.3 is 10.4 Å². The molecule has 1 fully saturated rings. The van der Waals surface area contributed by atoms with E-state index in [4.69, 9.17) is 0 Å². The van der Waals surface area contributed by atoms with Crippen molar-refractivity contribution in [3.8, 4) is 5.75 Å². The molecule has 1 aliphatic heterocycles. The van der Waals surface area contributed by atoms with Crippen molar-refractivity contribution < 1.29 is 13.5 Å². The van der Waals surface area contributed by atoms with Crippen LogP contribution in [0.3, 0.4) is 0 Å². The zero-order valence-corrected chi connectivity index (χ0v) is 11.1. The van der Waals surface area contributed by atoms with Gasteiger partial charge in [0.15, 0.2) is 9.84 Å². The fourth-order valence-corrected chi connectivity index (χ4v) is 4.03. The van der Waals surface area contributed by atoms with Crippen molar-refractivity contribution in [3.63, 3.8) is 0 Å². The van der Waals surface area contributed by atoms with Gasteiger partial charge in [0.1, 0.15) is 5.75 Å². The number of hydrogen-bond donors (Lipinski definition) is 2. The summed E-state index contributed by atoms with van der Waals surface area (Å²) in [5, 5.41) is 12.8. The minimum absolute atomic E-state index is 0.0534. The molecule has 0 aromatic heterocycles. The number of para-hydroxylation sites is 1. The largest absolute Gasteiger partial charge is 0.508 e. The quantitative estimate of drug-likeness (QED) is 0.868. The van der Waals surface area contributed by atoms with Gasteiger partial charge >= 0.3 is 0 Å². The third-order valence-electron chi connectivity index (χ3n) is 3.23. The topological polar surface area (TPSA) is 66.4 Å². The third kappa shape index (κ3) is 3.71. The van der Waals surface area contributed by atoms with Crippen LogP contribution in [0, 0.1) is 0 Å². The van der Waals surface area contributed by atoms with E-state index >= 15 is 0 Å². The molecule has 4 nitrogen and oxygen atoms in total. The van der Waals surface area contributed by atoms with E-state index in [9.17, 15) is 13.5 Å². The number of aromatic hydroxyl groups is 1. The van der Waals surface area contributed by atoms with Crippen molar-refractivity contribution in [3.05, 3.63) is 29.8 Å². The van der Waals surface area contributed by atoms with Crippen LogP contribution in [0.4, 0.5) is 0 Å². The van der Waals surface area contributed by atoms with Crippen molar-refractivity contribution in [1.82, 2.24) is 5.32 Å². The Hall–Kier alpha value is -1.07. The Kier molecular flexibility index (Phi) is 4.24. The summed E-state index contributed by atoms with van der Waals surface area (Å²) >= 11 is 0. The van der Waals surface area contributed by atoms with Crippen LogP contribution in [0.1, 0.15) is 24.8 Å². The molecule has 0 spiro atoms. The molecule has 2 N–H and O–H groups in total. The van der Waals surface area contributed by atoms with Crippen LogP contribution in [-0.2, 0) is 15.6 Å². The summed E-state index contributed by atoms with van der Waals surface area (Å²) < 4.78 is 24.1. The highest BCUT2D eigenvalue weighted by molar-refractivity contribution is 7.90. The highest BCUT2D eigenvalue weighted by Gasteiger charge is 2.22. The molecular formula is C13H19NO3S. The van der Waals surface area contributed by atoms with Crippen molar-refractivity contribution >= 4 is 9.84 Å². The van der Waals surface area contributed by atoms with E-state index in [0.29, 0.717) is 5.56 Å². The lowest BCUT2D eigenvalue weighted by Gasteiger charge is -2.23. The Balaban J connectivity index is 2.01. The van der Waals surface area contributed by atoms with E-state index in [2.05, 4.69) is 5.32 Å². The molecule has 18 heavy (non-hydrogen) atoms. The molecule has 1 unspecified atom stereocenters. The fourth-order valence-electron chi connectivity index (χ4n) is 2.30. The Morgan fingerprint density at radius 3 is 2.72 bits per heavy atom. The summed E-state index contributed by atoms with van der Waals surface area (Å²) in [7, 11) is -3.18. The summed E-state index contributed by atoms with van der Waals surface area (Å²) in [6.07, 6.45) is 3.12. The molecular weight excluding hydrogens is 250 g/mol. The van der Waals surface area contributed by atoms with Gasteiger partial charge in [0, 0.05) is 11.6 Å². The Morgan fingerprint density at radius 1 is 1.28 bits per heavy atom. The Labute approximate surface area is 108 Å². The SMILES string of the molecule is O=S(=O)(Cc1ccccc1O)CC1CCCCN1. The number of phenols is 1. The molecule has 100 valence electrons. The molecule has 1 aromatic carbocycles. The number of sulfone groups is 1. The van der Waals surface area contributed by atoms with Crippen LogP contribution in [0.15, 0.2) is 24.3 Å². The molecule has 1 aliphatic rings. The normalized spacial score (nSPS) is 20.8. The van der Waals surface area contributed by atoms with E-state index in [1.807, 2.05) is 0 Å². The van der Waals surface area contributed by atoms with E-state index < -0.39 is 9.84 Å². The monoisotopic (exact) mass is 269 g/mol. The summed E-state index contributed by atoms with van der Waals surface area (Å²) in [5.41, 5.74) is 0.480. The van der Waals surface area contributed by atoms with Gasteiger partial charge in [-0.2, -0.15) is 0 Å². The summed E-state index contributed by atoms with van der Waals surface area (Å²) in [4.78, 5) is 0. The van der Waals surface area contributed by atoms with Gasteiger partial charge in [-0.15, -0.1) is 0 Å². The second kappa shape index (κ2) is 5.71.